The lowest BCUT2D eigenvalue weighted by Gasteiger charge is -2.06. The summed E-state index contributed by atoms with van der Waals surface area (Å²) in [6, 6.07) is 0. The maximum atomic E-state index is 11.7. The molecule has 0 bridgehead atoms. The number of nitrogens with zero attached hydrogens (tertiary/aromatic N) is 2. The summed E-state index contributed by atoms with van der Waals surface area (Å²) in [4.78, 5) is 41.2. The first-order valence-corrected chi connectivity index (χ1v) is 22.0. The number of aliphatic imine (C=N–C) groups is 2. The van der Waals surface area contributed by atoms with Crippen molar-refractivity contribution in [1.82, 2.24) is 10.6 Å². The first kappa shape index (κ1) is 42.5. The molecule has 246 valence electrons. The number of ether oxygens (including phenoxy) is 1. The van der Waals surface area contributed by atoms with Crippen LogP contribution in [0.4, 0.5) is 9.59 Å². The van der Waals surface area contributed by atoms with E-state index in [1.54, 1.807) is 58.8 Å². The van der Waals surface area contributed by atoms with Crippen molar-refractivity contribution in [3.05, 3.63) is 0 Å². The van der Waals surface area contributed by atoms with Gasteiger partial charge >= 0.3 is 6.09 Å². The highest BCUT2D eigenvalue weighted by Gasteiger charge is 2.03. The molecule has 4 N–H and O–H groups in total. The van der Waals surface area contributed by atoms with Gasteiger partial charge in [0.05, 0.1) is 23.5 Å². The first-order valence-electron chi connectivity index (χ1n) is 12.7. The van der Waals surface area contributed by atoms with E-state index in [4.69, 9.17) is 24.7 Å². The molecule has 20 heteroatoms. The zero-order valence-corrected chi connectivity index (χ0v) is 29.9. The smallest absolute Gasteiger partial charge is 0.408 e. The predicted octanol–water partition coefficient (Wildman–Crippen LogP) is 3.82. The van der Waals surface area contributed by atoms with E-state index in [9.17, 15) is 14.1 Å². The van der Waals surface area contributed by atoms with E-state index in [0.717, 1.165) is 34.5 Å². The molecule has 0 spiro atoms. The van der Waals surface area contributed by atoms with Gasteiger partial charge in [0.1, 0.15) is 17.6 Å². The highest BCUT2D eigenvalue weighted by Crippen LogP contribution is 2.10. The highest BCUT2D eigenvalue weighted by atomic mass is 32.2. The molecular formula is C22H42N4O8S8. The van der Waals surface area contributed by atoms with Crippen molar-refractivity contribution in [3.63, 3.8) is 0 Å². The molecule has 2 amide bonds. The van der Waals surface area contributed by atoms with E-state index in [2.05, 4.69) is 20.6 Å². The predicted molar refractivity (Wildman–Crippen MR) is 190 cm³/mol. The van der Waals surface area contributed by atoms with Crippen molar-refractivity contribution in [1.29, 1.82) is 0 Å². The monoisotopic (exact) mass is 746 g/mol. The average Bonchev–Trinajstić information content (AvgIpc) is 2.98. The Morgan fingerprint density at radius 3 is 2.12 bits per heavy atom. The highest BCUT2D eigenvalue weighted by molar-refractivity contribution is 8.13. The Labute approximate surface area is 281 Å². The van der Waals surface area contributed by atoms with Crippen molar-refractivity contribution in [2.24, 2.45) is 9.98 Å². The number of hydrogen-bond donors (Lipinski definition) is 4. The quantitative estimate of drug-likeness (QED) is 0.0159. The second kappa shape index (κ2) is 36.0. The fourth-order valence-corrected chi connectivity index (χ4v) is 8.33. The van der Waals surface area contributed by atoms with Crippen LogP contribution >= 0.6 is 82.3 Å². The second-order valence-electron chi connectivity index (χ2n) is 7.18. The maximum absolute atomic E-state index is 11.7. The molecule has 1 atom stereocenters. The van der Waals surface area contributed by atoms with E-state index in [-0.39, 0.29) is 24.4 Å². The molecule has 0 rings (SSSR count). The van der Waals surface area contributed by atoms with Gasteiger partial charge in [0.2, 0.25) is 11.9 Å². The lowest BCUT2D eigenvalue weighted by Crippen LogP contribution is -2.24. The molecule has 0 radical (unpaired) electrons. The summed E-state index contributed by atoms with van der Waals surface area (Å²) in [5.74, 6) is 9.03. The summed E-state index contributed by atoms with van der Waals surface area (Å²) in [6.45, 7) is 0.144. The molecule has 0 aromatic rings. The molecule has 0 aliphatic heterocycles. The van der Waals surface area contributed by atoms with Crippen LogP contribution in [0.15, 0.2) is 9.98 Å². The van der Waals surface area contributed by atoms with E-state index < -0.39 is 17.3 Å². The summed E-state index contributed by atoms with van der Waals surface area (Å²) in [5, 5.41) is 22.8. The number of rotatable bonds is 30. The zero-order chi connectivity index (χ0) is 30.8. The Morgan fingerprint density at radius 1 is 0.786 bits per heavy atom. The fraction of sp³-hybridized carbons (Fsp3) is 0.818. The number of carbonyl (C=O) groups is 2. The molecule has 0 saturated heterocycles. The Kier molecular flexibility index (Phi) is 36.4. The summed E-state index contributed by atoms with van der Waals surface area (Å²) < 4.78 is 16.6. The largest absolute Gasteiger partial charge is 0.611 e. The summed E-state index contributed by atoms with van der Waals surface area (Å²) in [6.07, 6.45) is 1.98. The van der Waals surface area contributed by atoms with Gasteiger partial charge in [0.25, 0.3) is 5.24 Å². The lowest BCUT2D eigenvalue weighted by molar-refractivity contribution is -0.196. The number of aliphatic hydroxyl groups is 2. The summed E-state index contributed by atoms with van der Waals surface area (Å²) >= 11 is 9.66. The SMILES string of the molecule is O=C(NCSCCSC/N=C\[S+]([O-])CCCO)OCSCCSCOO/C=N\CSCCSCNC(=O)SCCCO. The molecule has 0 heterocycles. The van der Waals surface area contributed by atoms with Crippen LogP contribution in [-0.4, -0.2) is 133 Å². The van der Waals surface area contributed by atoms with E-state index in [0.29, 0.717) is 53.8 Å². The van der Waals surface area contributed by atoms with Crippen molar-refractivity contribution < 1.29 is 38.9 Å². The molecule has 0 aliphatic carbocycles. The average molecular weight is 747 g/mol. The molecule has 0 aromatic heterocycles. The minimum Gasteiger partial charge on any atom is -0.611 e. The van der Waals surface area contributed by atoms with Crippen LogP contribution in [-0.2, 0) is 25.7 Å². The van der Waals surface area contributed by atoms with Crippen LogP contribution in [0.3, 0.4) is 0 Å². The topological polar surface area (TPSA) is 174 Å². The van der Waals surface area contributed by atoms with Crippen molar-refractivity contribution >= 4 is 117 Å². The maximum Gasteiger partial charge on any atom is 0.408 e. The third-order valence-corrected chi connectivity index (χ3v) is 11.5. The van der Waals surface area contributed by atoms with Crippen molar-refractivity contribution in [2.75, 3.05) is 94.6 Å². The van der Waals surface area contributed by atoms with Gasteiger partial charge in [-0.1, -0.05) is 11.8 Å². The number of nitrogens with one attached hydrogen (secondary N) is 2. The lowest BCUT2D eigenvalue weighted by atomic mass is 10.5. The molecule has 0 saturated carbocycles. The van der Waals surface area contributed by atoms with E-state index in [1.165, 1.54) is 35.5 Å². The molecule has 12 nitrogen and oxygen atoms in total. The third-order valence-electron chi connectivity index (χ3n) is 3.91. The number of aliphatic hydroxyl groups excluding tert-OH is 2. The molecule has 0 fully saturated rings. The summed E-state index contributed by atoms with van der Waals surface area (Å²) in [5.41, 5.74) is 1.44. The van der Waals surface area contributed by atoms with Crippen molar-refractivity contribution in [2.45, 2.75) is 12.8 Å². The van der Waals surface area contributed by atoms with Gasteiger partial charge in [-0.15, -0.1) is 70.6 Å². The van der Waals surface area contributed by atoms with Crippen LogP contribution in [0, 0.1) is 0 Å². The Balaban J connectivity index is 3.30. The van der Waals surface area contributed by atoms with Crippen LogP contribution in [0.1, 0.15) is 12.8 Å². The third kappa shape index (κ3) is 35.0. The Morgan fingerprint density at radius 2 is 1.40 bits per heavy atom. The molecular weight excluding hydrogens is 705 g/mol. The number of thioether (sulfide) groups is 7. The normalized spacial score (nSPS) is 12.2. The minimum atomic E-state index is -1.11. The van der Waals surface area contributed by atoms with Gasteiger partial charge in [0, 0.05) is 59.9 Å². The standard InChI is InChI=1S/C22H42N4O8S8/c27-3-1-5-41-22(30)26-17-38-9-6-35-14-23-13-33-34-20-40-11-10-39-19-32-21(29)25-16-37-8-7-36-15-24-18-42(31)12-2-4-28/h13,18,27-28H,1-12,14-17,19-20H2,(H,25,29)(H,26,30)/b23-13-,24-18-. The van der Waals surface area contributed by atoms with E-state index >= 15 is 0 Å². The Bertz CT molecular complexity index is 692. The van der Waals surface area contributed by atoms with Crippen LogP contribution in [0.25, 0.3) is 0 Å². The Hall–Kier alpha value is 0.520. The van der Waals surface area contributed by atoms with Gasteiger partial charge in [-0.3, -0.25) is 4.79 Å². The van der Waals surface area contributed by atoms with Gasteiger partial charge in [-0.05, 0) is 17.6 Å². The first-order chi connectivity index (χ1) is 20.6. The second-order valence-corrected chi connectivity index (χ2v) is 16.1. The molecule has 0 aliphatic rings. The number of carbonyl (C=O) groups excluding carboxylic acids is 2. The molecule has 1 unspecified atom stereocenters. The van der Waals surface area contributed by atoms with Gasteiger partial charge < -0.3 is 35.0 Å². The number of amides is 2. The van der Waals surface area contributed by atoms with Crippen LogP contribution in [0.5, 0.6) is 0 Å². The number of hydrogen-bond acceptors (Lipinski definition) is 17. The van der Waals surface area contributed by atoms with Crippen LogP contribution < -0.4 is 10.6 Å². The molecule has 42 heavy (non-hydrogen) atoms. The fourth-order valence-electron chi connectivity index (χ4n) is 2.02. The minimum absolute atomic E-state index is 0.0393. The van der Waals surface area contributed by atoms with Crippen molar-refractivity contribution in [3.8, 4) is 0 Å². The zero-order valence-electron chi connectivity index (χ0n) is 23.4. The molecule has 0 aromatic carbocycles. The van der Waals surface area contributed by atoms with Gasteiger partial charge in [-0.25, -0.2) is 14.8 Å². The van der Waals surface area contributed by atoms with E-state index in [1.807, 2.05) is 0 Å². The van der Waals surface area contributed by atoms with Gasteiger partial charge in [0.15, 0.2) is 0 Å². The van der Waals surface area contributed by atoms with Gasteiger partial charge in [-0.2, -0.15) is 4.89 Å². The summed E-state index contributed by atoms with van der Waals surface area (Å²) in [7, 11) is 0. The number of alkyl carbamates (subject to hydrolysis) is 1. The van der Waals surface area contributed by atoms with Crippen LogP contribution in [0.2, 0.25) is 0 Å².